The van der Waals surface area contributed by atoms with Crippen molar-refractivity contribution in [1.82, 2.24) is 19.7 Å². The fraction of sp³-hybridized carbons (Fsp3) is 0.250. The number of piperidine rings is 1. The highest BCUT2D eigenvalue weighted by atomic mass is 19.1. The van der Waals surface area contributed by atoms with Gasteiger partial charge in [0.25, 0.3) is 5.91 Å². The molecule has 0 aliphatic carbocycles. The molecule has 1 fully saturated rings. The first-order chi connectivity index (χ1) is 16.7. The largest absolute Gasteiger partial charge is 0.338 e. The Balaban J connectivity index is 1.32. The maximum atomic E-state index is 14.1. The van der Waals surface area contributed by atoms with Crippen molar-refractivity contribution < 1.29 is 9.18 Å². The molecule has 1 saturated heterocycles. The van der Waals surface area contributed by atoms with Crippen LogP contribution in [0.2, 0.25) is 0 Å². The van der Waals surface area contributed by atoms with Crippen molar-refractivity contribution in [1.29, 1.82) is 0 Å². The van der Waals surface area contributed by atoms with Crippen molar-refractivity contribution in [3.63, 3.8) is 0 Å². The van der Waals surface area contributed by atoms with Gasteiger partial charge in [-0.1, -0.05) is 42.5 Å². The van der Waals surface area contributed by atoms with Crippen LogP contribution in [0.1, 0.15) is 51.6 Å². The number of halogens is 1. The first-order valence-corrected chi connectivity index (χ1v) is 11.7. The lowest BCUT2D eigenvalue weighted by molar-refractivity contribution is 0.0704. The van der Waals surface area contributed by atoms with Crippen LogP contribution >= 0.6 is 0 Å². The van der Waals surface area contributed by atoms with Crippen LogP contribution in [0.25, 0.3) is 0 Å². The fourth-order valence-corrected chi connectivity index (χ4v) is 4.67. The van der Waals surface area contributed by atoms with Gasteiger partial charge in [0, 0.05) is 54.8 Å². The van der Waals surface area contributed by atoms with Gasteiger partial charge in [0.15, 0.2) is 0 Å². The molecule has 1 unspecified atom stereocenters. The Morgan fingerprint density at radius 3 is 2.62 bits per heavy atom. The minimum Gasteiger partial charge on any atom is -0.338 e. The molecule has 34 heavy (non-hydrogen) atoms. The normalized spacial score (nSPS) is 15.9. The molecule has 1 atom stereocenters. The standard InChI is InChI=1S/C28H27FN4O/c29-26-13-4-2-8-21(26)18-24-11-5-14-27(31-24)23-10-6-16-32(19-23)28(34)25-12-3-1-9-22(25)20-33-17-7-15-30-33/h1-5,7-9,11-15,17,23H,6,10,16,18-20H2. The Bertz CT molecular complexity index is 1270. The molecule has 2 aromatic carbocycles. The molecule has 172 valence electrons. The second-order valence-electron chi connectivity index (χ2n) is 8.77. The molecular formula is C28H27FN4O. The second kappa shape index (κ2) is 10.00. The van der Waals surface area contributed by atoms with Gasteiger partial charge in [-0.05, 0) is 54.3 Å². The predicted molar refractivity (Wildman–Crippen MR) is 129 cm³/mol. The van der Waals surface area contributed by atoms with E-state index in [0.29, 0.717) is 25.1 Å². The molecule has 1 aliphatic rings. The topological polar surface area (TPSA) is 51.0 Å². The minimum atomic E-state index is -0.210. The number of benzene rings is 2. The van der Waals surface area contributed by atoms with Crippen LogP contribution in [-0.2, 0) is 13.0 Å². The maximum Gasteiger partial charge on any atom is 0.254 e. The van der Waals surface area contributed by atoms with E-state index in [1.807, 2.05) is 70.4 Å². The predicted octanol–water partition coefficient (Wildman–Crippen LogP) is 5.08. The second-order valence-corrected chi connectivity index (χ2v) is 8.77. The van der Waals surface area contributed by atoms with Crippen LogP contribution in [0.15, 0.2) is 85.2 Å². The molecule has 5 nitrogen and oxygen atoms in total. The van der Waals surface area contributed by atoms with Gasteiger partial charge in [-0.25, -0.2) is 4.39 Å². The summed E-state index contributed by atoms with van der Waals surface area (Å²) in [5, 5.41) is 4.28. The van der Waals surface area contributed by atoms with E-state index in [4.69, 9.17) is 4.98 Å². The van der Waals surface area contributed by atoms with Crippen molar-refractivity contribution >= 4 is 5.91 Å². The average Bonchev–Trinajstić information content (AvgIpc) is 3.39. The van der Waals surface area contributed by atoms with Gasteiger partial charge < -0.3 is 4.90 Å². The summed E-state index contributed by atoms with van der Waals surface area (Å²) in [6.07, 6.45) is 6.01. The van der Waals surface area contributed by atoms with Crippen LogP contribution in [-0.4, -0.2) is 38.7 Å². The van der Waals surface area contributed by atoms with Crippen molar-refractivity contribution in [2.24, 2.45) is 0 Å². The number of nitrogens with zero attached hydrogens (tertiary/aromatic N) is 4. The fourth-order valence-electron chi connectivity index (χ4n) is 4.67. The molecule has 0 spiro atoms. The lowest BCUT2D eigenvalue weighted by Crippen LogP contribution is -2.39. The lowest BCUT2D eigenvalue weighted by atomic mass is 9.93. The van der Waals surface area contributed by atoms with E-state index in [-0.39, 0.29) is 17.6 Å². The van der Waals surface area contributed by atoms with Gasteiger partial charge in [0.2, 0.25) is 0 Å². The first kappa shape index (κ1) is 22.0. The van der Waals surface area contributed by atoms with E-state index in [2.05, 4.69) is 5.10 Å². The Hall–Kier alpha value is -3.80. The zero-order valence-corrected chi connectivity index (χ0v) is 19.0. The van der Waals surface area contributed by atoms with Crippen molar-refractivity contribution in [2.75, 3.05) is 13.1 Å². The zero-order valence-electron chi connectivity index (χ0n) is 19.0. The van der Waals surface area contributed by atoms with E-state index in [0.717, 1.165) is 41.9 Å². The van der Waals surface area contributed by atoms with Crippen molar-refractivity contribution in [3.05, 3.63) is 119 Å². The van der Waals surface area contributed by atoms with Crippen LogP contribution in [0.4, 0.5) is 4.39 Å². The summed E-state index contributed by atoms with van der Waals surface area (Å²) < 4.78 is 15.9. The number of amides is 1. The summed E-state index contributed by atoms with van der Waals surface area (Å²) in [7, 11) is 0. The van der Waals surface area contributed by atoms with Crippen LogP contribution < -0.4 is 0 Å². The number of hydrogen-bond donors (Lipinski definition) is 0. The van der Waals surface area contributed by atoms with Crippen molar-refractivity contribution in [3.8, 4) is 0 Å². The number of hydrogen-bond acceptors (Lipinski definition) is 3. The maximum absolute atomic E-state index is 14.1. The van der Waals surface area contributed by atoms with Crippen molar-refractivity contribution in [2.45, 2.75) is 31.7 Å². The molecule has 0 N–H and O–H groups in total. The molecule has 1 aliphatic heterocycles. The van der Waals surface area contributed by atoms with Gasteiger partial charge in [-0.2, -0.15) is 5.10 Å². The Morgan fingerprint density at radius 1 is 0.971 bits per heavy atom. The van der Waals surface area contributed by atoms with Gasteiger partial charge in [0.1, 0.15) is 5.82 Å². The summed E-state index contributed by atoms with van der Waals surface area (Å²) in [6, 6.07) is 22.4. The molecule has 6 heteroatoms. The zero-order chi connectivity index (χ0) is 23.3. The van der Waals surface area contributed by atoms with Gasteiger partial charge in [-0.15, -0.1) is 0 Å². The summed E-state index contributed by atoms with van der Waals surface area (Å²) in [5.41, 5.74) is 4.14. The minimum absolute atomic E-state index is 0.0509. The Labute approximate surface area is 198 Å². The van der Waals surface area contributed by atoms with E-state index in [1.165, 1.54) is 6.07 Å². The quantitative estimate of drug-likeness (QED) is 0.408. The van der Waals surface area contributed by atoms with Gasteiger partial charge >= 0.3 is 0 Å². The van der Waals surface area contributed by atoms with E-state index in [9.17, 15) is 9.18 Å². The number of aromatic nitrogens is 3. The smallest absolute Gasteiger partial charge is 0.254 e. The number of carbonyl (C=O) groups excluding carboxylic acids is 1. The van der Waals surface area contributed by atoms with E-state index >= 15 is 0 Å². The number of pyridine rings is 1. The third-order valence-corrected chi connectivity index (χ3v) is 6.42. The first-order valence-electron chi connectivity index (χ1n) is 11.7. The monoisotopic (exact) mass is 454 g/mol. The van der Waals surface area contributed by atoms with Gasteiger partial charge in [-0.3, -0.25) is 14.5 Å². The summed E-state index contributed by atoms with van der Waals surface area (Å²) >= 11 is 0. The Morgan fingerprint density at radius 2 is 1.79 bits per heavy atom. The average molecular weight is 455 g/mol. The highest BCUT2D eigenvalue weighted by Gasteiger charge is 2.27. The molecule has 0 saturated carbocycles. The van der Waals surface area contributed by atoms with Crippen LogP contribution in [0.5, 0.6) is 0 Å². The highest BCUT2D eigenvalue weighted by Crippen LogP contribution is 2.28. The molecule has 4 aromatic rings. The van der Waals surface area contributed by atoms with E-state index < -0.39 is 0 Å². The molecule has 2 aromatic heterocycles. The molecular weight excluding hydrogens is 427 g/mol. The molecule has 5 rings (SSSR count). The number of likely N-dealkylation sites (tertiary alicyclic amines) is 1. The van der Waals surface area contributed by atoms with Gasteiger partial charge in [0.05, 0.1) is 6.54 Å². The summed E-state index contributed by atoms with van der Waals surface area (Å²) in [6.45, 7) is 1.93. The number of rotatable bonds is 6. The molecule has 0 bridgehead atoms. The third kappa shape index (κ3) is 4.91. The lowest BCUT2D eigenvalue weighted by Gasteiger charge is -2.33. The van der Waals surface area contributed by atoms with Crippen LogP contribution in [0, 0.1) is 5.82 Å². The molecule has 0 radical (unpaired) electrons. The highest BCUT2D eigenvalue weighted by molar-refractivity contribution is 5.95. The summed E-state index contributed by atoms with van der Waals surface area (Å²) in [5.74, 6) is 0.00411. The molecule has 3 heterocycles. The third-order valence-electron chi connectivity index (χ3n) is 6.42. The SMILES string of the molecule is O=C(c1ccccc1Cn1cccn1)N1CCCC(c2cccc(Cc3ccccc3F)n2)C1. The van der Waals surface area contributed by atoms with Crippen LogP contribution in [0.3, 0.4) is 0 Å². The molecule has 1 amide bonds. The number of carbonyl (C=O) groups is 1. The van der Waals surface area contributed by atoms with E-state index in [1.54, 1.807) is 18.3 Å². The summed E-state index contributed by atoms with van der Waals surface area (Å²) in [4.78, 5) is 20.3. The Kier molecular flexibility index (Phi) is 6.47.